The van der Waals surface area contributed by atoms with Crippen LogP contribution >= 0.6 is 0 Å². The summed E-state index contributed by atoms with van der Waals surface area (Å²) in [6.45, 7) is 1.87. The van der Waals surface area contributed by atoms with E-state index in [-0.39, 0.29) is 0 Å². The molecule has 3 amide bonds. The maximum atomic E-state index is 11.7. The molecule has 20 heavy (non-hydrogen) atoms. The van der Waals surface area contributed by atoms with Crippen molar-refractivity contribution < 1.29 is 19.5 Å². The van der Waals surface area contributed by atoms with Gasteiger partial charge in [-0.3, -0.25) is 9.48 Å². The molecule has 1 unspecified atom stereocenters. The third-order valence-electron chi connectivity index (χ3n) is 2.50. The zero-order valence-electron chi connectivity index (χ0n) is 11.2. The first-order valence-corrected chi connectivity index (χ1v) is 5.94. The minimum Gasteiger partial charge on any atom is -0.480 e. The normalized spacial score (nSPS) is 11.7. The number of carboxylic acids is 1. The summed E-state index contributed by atoms with van der Waals surface area (Å²) in [4.78, 5) is 33.3. The second-order valence-electron chi connectivity index (χ2n) is 4.18. The SMILES string of the molecule is CCc1nn(C)cc1NC(=O)NC(CC(N)=O)C(=O)O. The molecule has 1 atom stereocenters. The molecular weight excluding hydrogens is 266 g/mol. The third-order valence-corrected chi connectivity index (χ3v) is 2.50. The van der Waals surface area contributed by atoms with E-state index in [1.807, 2.05) is 6.92 Å². The average Bonchev–Trinajstić information content (AvgIpc) is 2.67. The number of urea groups is 1. The van der Waals surface area contributed by atoms with Crippen molar-refractivity contribution in [2.24, 2.45) is 12.8 Å². The van der Waals surface area contributed by atoms with Crippen LogP contribution in [0.15, 0.2) is 6.20 Å². The van der Waals surface area contributed by atoms with Crippen LogP contribution in [0.5, 0.6) is 0 Å². The Kier molecular flexibility index (Phi) is 5.07. The highest BCUT2D eigenvalue weighted by molar-refractivity contribution is 5.94. The summed E-state index contributed by atoms with van der Waals surface area (Å²) < 4.78 is 1.53. The van der Waals surface area contributed by atoms with Crippen LogP contribution in [-0.2, 0) is 23.1 Å². The van der Waals surface area contributed by atoms with E-state index in [9.17, 15) is 14.4 Å². The summed E-state index contributed by atoms with van der Waals surface area (Å²) in [6, 6.07) is -2.10. The van der Waals surface area contributed by atoms with Gasteiger partial charge in [0.05, 0.1) is 17.8 Å². The van der Waals surface area contributed by atoms with Gasteiger partial charge in [-0.25, -0.2) is 9.59 Å². The summed E-state index contributed by atoms with van der Waals surface area (Å²) in [5, 5.41) is 17.7. The topological polar surface area (TPSA) is 139 Å². The summed E-state index contributed by atoms with van der Waals surface area (Å²) in [5.74, 6) is -2.14. The Bertz CT molecular complexity index is 525. The fourth-order valence-electron chi connectivity index (χ4n) is 1.62. The third kappa shape index (κ3) is 4.26. The lowest BCUT2D eigenvalue weighted by atomic mass is 10.2. The number of carbonyl (C=O) groups is 3. The molecule has 0 fully saturated rings. The molecule has 1 heterocycles. The Morgan fingerprint density at radius 1 is 1.50 bits per heavy atom. The molecule has 0 aliphatic carbocycles. The highest BCUT2D eigenvalue weighted by atomic mass is 16.4. The second kappa shape index (κ2) is 6.55. The molecule has 110 valence electrons. The second-order valence-corrected chi connectivity index (χ2v) is 4.18. The zero-order chi connectivity index (χ0) is 15.3. The fraction of sp³-hybridized carbons (Fsp3) is 0.455. The van der Waals surface area contributed by atoms with Gasteiger partial charge in [0.25, 0.3) is 0 Å². The average molecular weight is 283 g/mol. The van der Waals surface area contributed by atoms with Gasteiger partial charge in [-0.2, -0.15) is 5.10 Å². The molecule has 0 radical (unpaired) electrons. The molecule has 0 saturated carbocycles. The summed E-state index contributed by atoms with van der Waals surface area (Å²) in [6.07, 6.45) is 1.73. The maximum Gasteiger partial charge on any atom is 0.326 e. The van der Waals surface area contributed by atoms with E-state index in [1.165, 1.54) is 4.68 Å². The van der Waals surface area contributed by atoms with Gasteiger partial charge in [-0.15, -0.1) is 0 Å². The Morgan fingerprint density at radius 3 is 2.65 bits per heavy atom. The monoisotopic (exact) mass is 283 g/mol. The Morgan fingerprint density at radius 2 is 2.15 bits per heavy atom. The van der Waals surface area contributed by atoms with Crippen molar-refractivity contribution in [3.05, 3.63) is 11.9 Å². The predicted molar refractivity (Wildman–Crippen MR) is 70.0 cm³/mol. The van der Waals surface area contributed by atoms with Crippen molar-refractivity contribution >= 4 is 23.6 Å². The number of hydrogen-bond donors (Lipinski definition) is 4. The van der Waals surface area contributed by atoms with Gasteiger partial charge in [0, 0.05) is 13.2 Å². The minimum atomic E-state index is -1.37. The summed E-state index contributed by atoms with van der Waals surface area (Å²) >= 11 is 0. The van der Waals surface area contributed by atoms with Crippen LogP contribution in [0.4, 0.5) is 10.5 Å². The molecule has 9 nitrogen and oxygen atoms in total. The van der Waals surface area contributed by atoms with Gasteiger partial charge in [-0.1, -0.05) is 6.92 Å². The van der Waals surface area contributed by atoms with Crippen LogP contribution in [0.2, 0.25) is 0 Å². The predicted octanol–water partition coefficient (Wildman–Crippen LogP) is -0.567. The lowest BCUT2D eigenvalue weighted by molar-refractivity contribution is -0.140. The number of rotatable bonds is 6. The fourth-order valence-corrected chi connectivity index (χ4v) is 1.62. The molecule has 0 spiro atoms. The van der Waals surface area contributed by atoms with Crippen LogP contribution in [0, 0.1) is 0 Å². The lowest BCUT2D eigenvalue weighted by Gasteiger charge is -2.13. The molecular formula is C11H17N5O4. The number of hydrogen-bond acceptors (Lipinski definition) is 4. The van der Waals surface area contributed by atoms with E-state index in [4.69, 9.17) is 10.8 Å². The van der Waals surface area contributed by atoms with Crippen LogP contribution < -0.4 is 16.4 Å². The van der Waals surface area contributed by atoms with E-state index in [0.29, 0.717) is 17.8 Å². The minimum absolute atomic E-state index is 0.476. The van der Waals surface area contributed by atoms with Gasteiger partial charge in [0.1, 0.15) is 6.04 Å². The van der Waals surface area contributed by atoms with Gasteiger partial charge >= 0.3 is 12.0 Å². The Labute approximate surface area is 115 Å². The van der Waals surface area contributed by atoms with Gasteiger partial charge < -0.3 is 21.5 Å². The van der Waals surface area contributed by atoms with Gasteiger partial charge in [0.2, 0.25) is 5.91 Å². The number of nitrogens with one attached hydrogen (secondary N) is 2. The lowest BCUT2D eigenvalue weighted by Crippen LogP contribution is -2.45. The standard InChI is InChI=1S/C11H17N5O4/c1-3-6-8(5-16(2)15-6)14-11(20)13-7(10(18)19)4-9(12)17/h5,7H,3-4H2,1-2H3,(H2,12,17)(H,18,19)(H2,13,14,20). The number of aliphatic carboxylic acids is 1. The van der Waals surface area contributed by atoms with Crippen LogP contribution in [-0.4, -0.2) is 38.8 Å². The first-order chi connectivity index (χ1) is 9.33. The molecule has 1 aromatic rings. The molecule has 0 aliphatic heterocycles. The highest BCUT2D eigenvalue weighted by Crippen LogP contribution is 2.13. The molecule has 5 N–H and O–H groups in total. The number of anilines is 1. The molecule has 9 heteroatoms. The largest absolute Gasteiger partial charge is 0.480 e. The van der Waals surface area contributed by atoms with E-state index in [0.717, 1.165) is 0 Å². The maximum absolute atomic E-state index is 11.7. The van der Waals surface area contributed by atoms with E-state index >= 15 is 0 Å². The number of amides is 3. The molecule has 0 bridgehead atoms. The molecule has 0 aliphatic rings. The van der Waals surface area contributed by atoms with Crippen LogP contribution in [0.25, 0.3) is 0 Å². The zero-order valence-corrected chi connectivity index (χ0v) is 11.2. The number of nitrogens with zero attached hydrogens (tertiary/aromatic N) is 2. The van der Waals surface area contributed by atoms with E-state index < -0.39 is 30.4 Å². The Hall–Kier alpha value is -2.58. The summed E-state index contributed by atoms with van der Waals surface area (Å²) in [5.41, 5.74) is 6.07. The quantitative estimate of drug-likeness (QED) is 0.553. The van der Waals surface area contributed by atoms with Crippen LogP contribution in [0.3, 0.4) is 0 Å². The number of aryl methyl sites for hydroxylation is 2. The smallest absolute Gasteiger partial charge is 0.326 e. The number of aromatic nitrogens is 2. The van der Waals surface area contributed by atoms with Crippen LogP contribution in [0.1, 0.15) is 19.0 Å². The first-order valence-electron chi connectivity index (χ1n) is 5.94. The van der Waals surface area contributed by atoms with E-state index in [2.05, 4.69) is 15.7 Å². The highest BCUT2D eigenvalue weighted by Gasteiger charge is 2.22. The van der Waals surface area contributed by atoms with Crippen molar-refractivity contribution in [3.8, 4) is 0 Å². The molecule has 1 aromatic heterocycles. The number of nitrogens with two attached hydrogens (primary N) is 1. The van der Waals surface area contributed by atoms with Gasteiger partial charge in [-0.05, 0) is 6.42 Å². The number of primary amides is 1. The number of carboxylic acid groups (broad SMARTS) is 1. The molecule has 0 saturated heterocycles. The first kappa shape index (κ1) is 15.5. The van der Waals surface area contributed by atoms with E-state index in [1.54, 1.807) is 13.2 Å². The van der Waals surface area contributed by atoms with Gasteiger partial charge in [0.15, 0.2) is 0 Å². The Balaban J connectivity index is 2.70. The molecule has 0 aromatic carbocycles. The van der Waals surface area contributed by atoms with Crippen molar-refractivity contribution in [1.82, 2.24) is 15.1 Å². The van der Waals surface area contributed by atoms with Crippen molar-refractivity contribution in [3.63, 3.8) is 0 Å². The van der Waals surface area contributed by atoms with Crippen molar-refractivity contribution in [1.29, 1.82) is 0 Å². The van der Waals surface area contributed by atoms with Crippen molar-refractivity contribution in [2.45, 2.75) is 25.8 Å². The van der Waals surface area contributed by atoms with Crippen molar-refractivity contribution in [2.75, 3.05) is 5.32 Å². The number of carbonyl (C=O) groups excluding carboxylic acids is 2. The summed E-state index contributed by atoms with van der Waals surface area (Å²) in [7, 11) is 1.70. The molecule has 1 rings (SSSR count).